The summed E-state index contributed by atoms with van der Waals surface area (Å²) in [5, 5.41) is 0. The number of hydrogen-bond donors (Lipinski definition) is 1. The minimum Gasteiger partial charge on any atom is -0.483 e. The van der Waals surface area contributed by atoms with Crippen molar-refractivity contribution in [2.24, 2.45) is 11.7 Å². The van der Waals surface area contributed by atoms with Crippen LogP contribution in [0.4, 0.5) is 0 Å². The SMILES string of the molecule is CC1CCCN(C(=O)COc2ccccc2CN)CC1. The van der Waals surface area contributed by atoms with E-state index >= 15 is 0 Å². The van der Waals surface area contributed by atoms with E-state index in [2.05, 4.69) is 6.92 Å². The van der Waals surface area contributed by atoms with Crippen LogP contribution in [-0.2, 0) is 11.3 Å². The molecule has 0 radical (unpaired) electrons. The highest BCUT2D eigenvalue weighted by molar-refractivity contribution is 5.77. The second-order valence-electron chi connectivity index (χ2n) is 5.52. The Balaban J connectivity index is 1.88. The van der Waals surface area contributed by atoms with Crippen molar-refractivity contribution in [1.29, 1.82) is 0 Å². The van der Waals surface area contributed by atoms with Crippen molar-refractivity contribution < 1.29 is 9.53 Å². The van der Waals surface area contributed by atoms with Gasteiger partial charge in [0.1, 0.15) is 5.75 Å². The van der Waals surface area contributed by atoms with Gasteiger partial charge < -0.3 is 15.4 Å². The van der Waals surface area contributed by atoms with Gasteiger partial charge in [-0.1, -0.05) is 25.1 Å². The van der Waals surface area contributed by atoms with Crippen LogP contribution >= 0.6 is 0 Å². The van der Waals surface area contributed by atoms with Crippen LogP contribution in [0, 0.1) is 5.92 Å². The first-order valence-corrected chi connectivity index (χ1v) is 7.39. The number of benzene rings is 1. The largest absolute Gasteiger partial charge is 0.483 e. The number of amides is 1. The Morgan fingerprint density at radius 2 is 2.15 bits per heavy atom. The standard InChI is InChI=1S/C16H24N2O2/c1-13-5-4-9-18(10-8-13)16(19)12-20-15-7-3-2-6-14(15)11-17/h2-3,6-7,13H,4-5,8-12,17H2,1H3. The molecule has 1 atom stereocenters. The Morgan fingerprint density at radius 3 is 2.95 bits per heavy atom. The second-order valence-corrected chi connectivity index (χ2v) is 5.52. The Kier molecular flexibility index (Phi) is 5.41. The van der Waals surface area contributed by atoms with Crippen LogP contribution in [0.1, 0.15) is 31.7 Å². The van der Waals surface area contributed by atoms with Gasteiger partial charge in [0, 0.05) is 25.2 Å². The molecule has 1 aliphatic rings. The molecule has 1 saturated heterocycles. The smallest absolute Gasteiger partial charge is 0.260 e. The maximum Gasteiger partial charge on any atom is 0.260 e. The van der Waals surface area contributed by atoms with E-state index in [9.17, 15) is 4.79 Å². The van der Waals surface area contributed by atoms with Gasteiger partial charge in [0.15, 0.2) is 6.61 Å². The van der Waals surface area contributed by atoms with Gasteiger partial charge in [-0.3, -0.25) is 4.79 Å². The average molecular weight is 276 g/mol. The summed E-state index contributed by atoms with van der Waals surface area (Å²) < 4.78 is 5.64. The van der Waals surface area contributed by atoms with Gasteiger partial charge in [0.25, 0.3) is 5.91 Å². The molecule has 0 saturated carbocycles. The Hall–Kier alpha value is -1.55. The van der Waals surface area contributed by atoms with E-state index < -0.39 is 0 Å². The highest BCUT2D eigenvalue weighted by atomic mass is 16.5. The first kappa shape index (κ1) is 14.9. The molecule has 2 rings (SSSR count). The van der Waals surface area contributed by atoms with Crippen LogP contribution in [0.5, 0.6) is 5.75 Å². The van der Waals surface area contributed by atoms with E-state index in [4.69, 9.17) is 10.5 Å². The number of ether oxygens (including phenoxy) is 1. The monoisotopic (exact) mass is 276 g/mol. The summed E-state index contributed by atoms with van der Waals surface area (Å²) in [6, 6.07) is 7.60. The van der Waals surface area contributed by atoms with Crippen LogP contribution in [0.25, 0.3) is 0 Å². The van der Waals surface area contributed by atoms with Gasteiger partial charge in [-0.15, -0.1) is 0 Å². The number of nitrogens with two attached hydrogens (primary N) is 1. The number of carbonyl (C=O) groups excluding carboxylic acids is 1. The second kappa shape index (κ2) is 7.29. The summed E-state index contributed by atoms with van der Waals surface area (Å²) in [6.07, 6.45) is 3.39. The first-order valence-electron chi connectivity index (χ1n) is 7.39. The van der Waals surface area contributed by atoms with Gasteiger partial charge in [0.2, 0.25) is 0 Å². The highest BCUT2D eigenvalue weighted by Gasteiger charge is 2.18. The lowest BCUT2D eigenvalue weighted by Crippen LogP contribution is -2.35. The Morgan fingerprint density at radius 1 is 1.35 bits per heavy atom. The molecule has 1 fully saturated rings. The first-order chi connectivity index (χ1) is 9.70. The number of nitrogens with zero attached hydrogens (tertiary/aromatic N) is 1. The lowest BCUT2D eigenvalue weighted by Gasteiger charge is -2.21. The summed E-state index contributed by atoms with van der Waals surface area (Å²) in [5.74, 6) is 1.50. The van der Waals surface area contributed by atoms with Crippen molar-refractivity contribution in [2.75, 3.05) is 19.7 Å². The molecule has 1 unspecified atom stereocenters. The van der Waals surface area contributed by atoms with Crippen LogP contribution in [0.15, 0.2) is 24.3 Å². The van der Waals surface area contributed by atoms with Crippen molar-refractivity contribution in [3.05, 3.63) is 29.8 Å². The van der Waals surface area contributed by atoms with Crippen LogP contribution in [0.3, 0.4) is 0 Å². The van der Waals surface area contributed by atoms with Gasteiger partial charge in [-0.05, 0) is 31.2 Å². The normalized spacial score (nSPS) is 19.5. The topological polar surface area (TPSA) is 55.6 Å². The Labute approximate surface area is 120 Å². The minimum absolute atomic E-state index is 0.0749. The molecule has 1 amide bonds. The maximum absolute atomic E-state index is 12.2. The fourth-order valence-electron chi connectivity index (χ4n) is 2.56. The van der Waals surface area contributed by atoms with Crippen molar-refractivity contribution in [3.63, 3.8) is 0 Å². The summed E-state index contributed by atoms with van der Waals surface area (Å²) in [6.45, 7) is 4.48. The van der Waals surface area contributed by atoms with Crippen molar-refractivity contribution in [2.45, 2.75) is 32.7 Å². The van der Waals surface area contributed by atoms with E-state index in [1.807, 2.05) is 29.2 Å². The third-order valence-corrected chi connectivity index (χ3v) is 3.91. The molecule has 0 aromatic heterocycles. The molecule has 0 aliphatic carbocycles. The number of likely N-dealkylation sites (tertiary alicyclic amines) is 1. The quantitative estimate of drug-likeness (QED) is 0.917. The molecule has 0 bridgehead atoms. The zero-order valence-corrected chi connectivity index (χ0v) is 12.2. The summed E-state index contributed by atoms with van der Waals surface area (Å²) >= 11 is 0. The molecule has 1 heterocycles. The predicted molar refractivity (Wildman–Crippen MR) is 79.4 cm³/mol. The third kappa shape index (κ3) is 3.97. The lowest BCUT2D eigenvalue weighted by molar-refractivity contribution is -0.133. The number of rotatable bonds is 4. The zero-order chi connectivity index (χ0) is 14.4. The van der Waals surface area contributed by atoms with Crippen LogP contribution < -0.4 is 10.5 Å². The zero-order valence-electron chi connectivity index (χ0n) is 12.2. The van der Waals surface area contributed by atoms with Crippen molar-refractivity contribution in [1.82, 2.24) is 4.90 Å². The van der Waals surface area contributed by atoms with Gasteiger partial charge >= 0.3 is 0 Å². The summed E-state index contributed by atoms with van der Waals surface area (Å²) in [5.41, 5.74) is 6.60. The predicted octanol–water partition coefficient (Wildman–Crippen LogP) is 2.17. The van der Waals surface area contributed by atoms with E-state index in [-0.39, 0.29) is 12.5 Å². The van der Waals surface area contributed by atoms with Crippen molar-refractivity contribution in [3.8, 4) is 5.75 Å². The van der Waals surface area contributed by atoms with Crippen molar-refractivity contribution >= 4 is 5.91 Å². The van der Waals surface area contributed by atoms with Gasteiger partial charge in [0.05, 0.1) is 0 Å². The maximum atomic E-state index is 12.2. The molecule has 4 nitrogen and oxygen atoms in total. The number of hydrogen-bond acceptors (Lipinski definition) is 3. The molecule has 2 N–H and O–H groups in total. The molecule has 20 heavy (non-hydrogen) atoms. The molecule has 1 aromatic carbocycles. The number of para-hydroxylation sites is 1. The third-order valence-electron chi connectivity index (χ3n) is 3.91. The fraction of sp³-hybridized carbons (Fsp3) is 0.562. The molecule has 1 aromatic rings. The van der Waals surface area contributed by atoms with E-state index in [0.717, 1.165) is 31.5 Å². The van der Waals surface area contributed by atoms with E-state index in [1.165, 1.54) is 6.42 Å². The Bertz CT molecular complexity index is 448. The van der Waals surface area contributed by atoms with Gasteiger partial charge in [-0.25, -0.2) is 0 Å². The lowest BCUT2D eigenvalue weighted by atomic mass is 10.0. The molecule has 0 spiro atoms. The fourth-order valence-corrected chi connectivity index (χ4v) is 2.56. The molecular weight excluding hydrogens is 252 g/mol. The number of carbonyl (C=O) groups is 1. The van der Waals surface area contributed by atoms with Crippen LogP contribution in [-0.4, -0.2) is 30.5 Å². The average Bonchev–Trinajstić information content (AvgIpc) is 2.70. The van der Waals surface area contributed by atoms with Crippen LogP contribution in [0.2, 0.25) is 0 Å². The minimum atomic E-state index is 0.0749. The molecule has 1 aliphatic heterocycles. The summed E-state index contributed by atoms with van der Waals surface area (Å²) in [4.78, 5) is 14.1. The summed E-state index contributed by atoms with van der Waals surface area (Å²) in [7, 11) is 0. The van der Waals surface area contributed by atoms with E-state index in [1.54, 1.807) is 0 Å². The highest BCUT2D eigenvalue weighted by Crippen LogP contribution is 2.19. The molecule has 4 heteroatoms. The van der Waals surface area contributed by atoms with E-state index in [0.29, 0.717) is 18.2 Å². The molecule has 110 valence electrons. The van der Waals surface area contributed by atoms with Gasteiger partial charge in [-0.2, -0.15) is 0 Å². The molecular formula is C16H24N2O2.